The summed E-state index contributed by atoms with van der Waals surface area (Å²) in [5, 5.41) is 8.48. The third-order valence-electron chi connectivity index (χ3n) is 1.18. The van der Waals surface area contributed by atoms with Gasteiger partial charge in [0.2, 0.25) is 0 Å². The van der Waals surface area contributed by atoms with Crippen molar-refractivity contribution >= 4 is 24.1 Å². The van der Waals surface area contributed by atoms with E-state index in [2.05, 4.69) is 4.40 Å². The van der Waals surface area contributed by atoms with E-state index in [1.165, 1.54) is 18.2 Å². The van der Waals surface area contributed by atoms with E-state index in [0.29, 0.717) is 11.3 Å². The third-order valence-corrected chi connectivity index (χ3v) is 1.88. The molecule has 0 aromatic heterocycles. The molecule has 0 unspecified atom stereocenters. The molecule has 2 N–H and O–H groups in total. The maximum absolute atomic E-state index is 10.6. The molecule has 0 radical (unpaired) electrons. The second-order valence-corrected chi connectivity index (χ2v) is 2.64. The van der Waals surface area contributed by atoms with Gasteiger partial charge in [-0.25, -0.2) is 4.40 Å². The summed E-state index contributed by atoms with van der Waals surface area (Å²) in [5.41, 5.74) is 5.57. The number of carbonyl (C=O) groups is 1. The lowest BCUT2D eigenvalue weighted by Crippen LogP contribution is -2.15. The van der Waals surface area contributed by atoms with E-state index in [-0.39, 0.29) is 5.57 Å². The number of nitriles is 1. The highest BCUT2D eigenvalue weighted by Crippen LogP contribution is 2.17. The Kier molecular flexibility index (Phi) is 2.28. The fraction of sp³-hybridized carbons (Fsp3) is 0.167. The quantitative estimate of drug-likeness (QED) is 0.340. The Labute approximate surface area is 67.9 Å². The van der Waals surface area contributed by atoms with E-state index < -0.39 is 5.91 Å². The van der Waals surface area contributed by atoms with E-state index in [9.17, 15) is 4.79 Å². The molecule has 1 aliphatic rings. The minimum atomic E-state index is -0.684. The number of rotatable bonds is 1. The Hall–Kier alpha value is -1.28. The molecule has 0 saturated heterocycles. The van der Waals surface area contributed by atoms with Crippen molar-refractivity contribution < 1.29 is 4.79 Å². The summed E-state index contributed by atoms with van der Waals surface area (Å²) in [6.45, 7) is 0. The van der Waals surface area contributed by atoms with Crippen LogP contribution in [0, 0.1) is 11.3 Å². The fourth-order valence-corrected chi connectivity index (χ4v) is 1.30. The van der Waals surface area contributed by atoms with Gasteiger partial charge < -0.3 is 5.73 Å². The van der Waals surface area contributed by atoms with Crippen molar-refractivity contribution in [3.63, 3.8) is 0 Å². The number of amides is 1. The first-order chi connectivity index (χ1) is 5.25. The van der Waals surface area contributed by atoms with Crippen molar-refractivity contribution in [1.82, 2.24) is 0 Å². The number of nitrogens with zero attached hydrogens (tertiary/aromatic N) is 2. The maximum Gasteiger partial charge on any atom is 0.259 e. The molecule has 1 rings (SSSR count). The molecule has 0 atom stereocenters. The molecule has 0 fully saturated rings. The predicted molar refractivity (Wildman–Crippen MR) is 42.8 cm³/mol. The predicted octanol–water partition coefficient (Wildman–Crippen LogP) is 0.0245. The highest BCUT2D eigenvalue weighted by Gasteiger charge is 2.13. The van der Waals surface area contributed by atoms with Gasteiger partial charge in [0.15, 0.2) is 0 Å². The Bertz CT molecular complexity index is 287. The van der Waals surface area contributed by atoms with Gasteiger partial charge in [-0.1, -0.05) is 0 Å². The lowest BCUT2D eigenvalue weighted by molar-refractivity contribution is -0.114. The minimum Gasteiger partial charge on any atom is -0.365 e. The molecule has 1 heterocycles. The van der Waals surface area contributed by atoms with Crippen LogP contribution in [-0.2, 0) is 4.79 Å². The summed E-state index contributed by atoms with van der Waals surface area (Å²) in [5.74, 6) is -0.123. The van der Waals surface area contributed by atoms with Crippen molar-refractivity contribution in [3.05, 3.63) is 11.1 Å². The number of hydrogen-bond acceptors (Lipinski definition) is 4. The van der Waals surface area contributed by atoms with Crippen LogP contribution in [0.15, 0.2) is 15.5 Å². The number of nitrogens with two attached hydrogens (primary N) is 1. The molecular formula is C6H5N3OS. The van der Waals surface area contributed by atoms with Crippen LogP contribution in [0.3, 0.4) is 0 Å². The molecule has 0 saturated carbocycles. The average molecular weight is 167 g/mol. The van der Waals surface area contributed by atoms with Gasteiger partial charge in [0.05, 0.1) is 0 Å². The number of primary amides is 1. The first kappa shape index (κ1) is 7.82. The molecule has 0 bridgehead atoms. The molecule has 4 nitrogen and oxygen atoms in total. The van der Waals surface area contributed by atoms with Crippen LogP contribution in [-0.4, -0.2) is 17.9 Å². The van der Waals surface area contributed by atoms with E-state index in [0.717, 1.165) is 0 Å². The van der Waals surface area contributed by atoms with Crippen LogP contribution < -0.4 is 5.73 Å². The lowest BCUT2D eigenvalue weighted by Gasteiger charge is -1.92. The standard InChI is InChI=1S/C6H5N3OS/c7-1-5(6(8)10)4-2-9-11-3-4/h2H,3H2,(H2,8,10). The summed E-state index contributed by atoms with van der Waals surface area (Å²) in [7, 11) is 0. The van der Waals surface area contributed by atoms with Crippen molar-refractivity contribution in [2.24, 2.45) is 10.1 Å². The highest BCUT2D eigenvalue weighted by atomic mass is 32.2. The van der Waals surface area contributed by atoms with Crippen molar-refractivity contribution in [2.45, 2.75) is 0 Å². The summed E-state index contributed by atoms with van der Waals surface area (Å²) >= 11 is 1.30. The topological polar surface area (TPSA) is 79.2 Å². The Morgan fingerprint density at radius 2 is 2.64 bits per heavy atom. The zero-order chi connectivity index (χ0) is 8.27. The minimum absolute atomic E-state index is 0.0127. The molecule has 11 heavy (non-hydrogen) atoms. The normalized spacial score (nSPS) is 19.5. The zero-order valence-electron chi connectivity index (χ0n) is 5.57. The third kappa shape index (κ3) is 1.59. The van der Waals surface area contributed by atoms with Gasteiger partial charge in [-0.05, 0) is 11.9 Å². The molecule has 56 valence electrons. The van der Waals surface area contributed by atoms with Gasteiger partial charge in [-0.3, -0.25) is 4.79 Å². The van der Waals surface area contributed by atoms with Gasteiger partial charge in [0.25, 0.3) is 5.91 Å². The Morgan fingerprint density at radius 3 is 3.00 bits per heavy atom. The molecule has 0 spiro atoms. The molecule has 1 aliphatic heterocycles. The largest absolute Gasteiger partial charge is 0.365 e. The smallest absolute Gasteiger partial charge is 0.259 e. The number of carbonyl (C=O) groups excluding carboxylic acids is 1. The van der Waals surface area contributed by atoms with Gasteiger partial charge in [-0.15, -0.1) is 0 Å². The summed E-state index contributed by atoms with van der Waals surface area (Å²) in [6.07, 6.45) is 1.49. The van der Waals surface area contributed by atoms with Gasteiger partial charge in [0.1, 0.15) is 11.6 Å². The van der Waals surface area contributed by atoms with E-state index in [4.69, 9.17) is 11.0 Å². The molecule has 0 aromatic carbocycles. The summed E-state index contributed by atoms with van der Waals surface area (Å²) < 4.78 is 3.79. The van der Waals surface area contributed by atoms with E-state index in [1.807, 2.05) is 0 Å². The zero-order valence-corrected chi connectivity index (χ0v) is 6.39. The SMILES string of the molecule is N#CC(C(N)=O)=C1C=NSC1. The van der Waals surface area contributed by atoms with Crippen LogP contribution in [0.1, 0.15) is 0 Å². The summed E-state index contributed by atoms with van der Waals surface area (Å²) in [6, 6.07) is 1.74. The van der Waals surface area contributed by atoms with Crippen molar-refractivity contribution in [2.75, 3.05) is 5.75 Å². The Balaban J connectivity index is 3.00. The van der Waals surface area contributed by atoms with Crippen LogP contribution in [0.4, 0.5) is 0 Å². The van der Waals surface area contributed by atoms with Crippen molar-refractivity contribution in [3.8, 4) is 6.07 Å². The van der Waals surface area contributed by atoms with E-state index in [1.54, 1.807) is 6.07 Å². The monoisotopic (exact) mass is 167 g/mol. The van der Waals surface area contributed by atoms with Gasteiger partial charge >= 0.3 is 0 Å². The highest BCUT2D eigenvalue weighted by molar-refractivity contribution is 7.98. The van der Waals surface area contributed by atoms with Gasteiger partial charge in [-0.2, -0.15) is 5.26 Å². The van der Waals surface area contributed by atoms with Crippen LogP contribution in [0.25, 0.3) is 0 Å². The molecular weight excluding hydrogens is 162 g/mol. The molecule has 5 heteroatoms. The summed E-state index contributed by atoms with van der Waals surface area (Å²) in [4.78, 5) is 10.6. The fourth-order valence-electron chi connectivity index (χ4n) is 0.667. The molecule has 1 amide bonds. The van der Waals surface area contributed by atoms with Crippen LogP contribution in [0.5, 0.6) is 0 Å². The Morgan fingerprint density at radius 1 is 1.91 bits per heavy atom. The van der Waals surface area contributed by atoms with Crippen LogP contribution in [0.2, 0.25) is 0 Å². The maximum atomic E-state index is 10.6. The van der Waals surface area contributed by atoms with Gasteiger partial charge in [0, 0.05) is 17.5 Å². The second kappa shape index (κ2) is 3.21. The molecule has 0 aliphatic carbocycles. The lowest BCUT2D eigenvalue weighted by atomic mass is 10.1. The average Bonchev–Trinajstić information content (AvgIpc) is 2.40. The first-order valence-electron chi connectivity index (χ1n) is 2.84. The van der Waals surface area contributed by atoms with E-state index >= 15 is 0 Å². The second-order valence-electron chi connectivity index (χ2n) is 1.88. The first-order valence-corrected chi connectivity index (χ1v) is 3.78. The van der Waals surface area contributed by atoms with Crippen molar-refractivity contribution in [1.29, 1.82) is 5.26 Å². The number of hydrogen-bond donors (Lipinski definition) is 1. The van der Waals surface area contributed by atoms with Crippen LogP contribution >= 0.6 is 11.9 Å². The molecule has 0 aromatic rings.